The van der Waals surface area contributed by atoms with Crippen molar-refractivity contribution in [3.63, 3.8) is 0 Å². The molecule has 0 unspecified atom stereocenters. The number of anilines is 1. The van der Waals surface area contributed by atoms with E-state index in [1.54, 1.807) is 4.68 Å². The fourth-order valence-electron chi connectivity index (χ4n) is 2.34. The molecule has 0 bridgehead atoms. The van der Waals surface area contributed by atoms with Crippen molar-refractivity contribution in [2.45, 2.75) is 6.92 Å². The molecule has 0 saturated heterocycles. The van der Waals surface area contributed by atoms with E-state index in [0.717, 1.165) is 16.8 Å². The van der Waals surface area contributed by atoms with Crippen LogP contribution in [0.25, 0.3) is 28.7 Å². The predicted octanol–water partition coefficient (Wildman–Crippen LogP) is 2.87. The molecular weight excluding hydrogens is 304 g/mol. The van der Waals surface area contributed by atoms with E-state index >= 15 is 0 Å². The molecule has 2 N–H and O–H groups in total. The molecule has 0 saturated carbocycles. The Morgan fingerprint density at radius 2 is 1.75 bits per heavy atom. The fraction of sp³-hybridized carbons (Fsp3) is 0.0588. The average molecular weight is 318 g/mol. The smallest absolute Gasteiger partial charge is 0.282 e. The molecule has 4 rings (SSSR count). The highest BCUT2D eigenvalue weighted by Gasteiger charge is 2.19. The first-order chi connectivity index (χ1) is 11.7. The van der Waals surface area contributed by atoms with Gasteiger partial charge in [0.15, 0.2) is 11.5 Å². The van der Waals surface area contributed by atoms with E-state index in [-0.39, 0.29) is 5.89 Å². The Kier molecular flexibility index (Phi) is 3.31. The van der Waals surface area contributed by atoms with Crippen LogP contribution < -0.4 is 5.73 Å². The second-order valence-electron chi connectivity index (χ2n) is 5.36. The maximum absolute atomic E-state index is 6.16. The van der Waals surface area contributed by atoms with Crippen LogP contribution in [0.3, 0.4) is 0 Å². The third-order valence-electron chi connectivity index (χ3n) is 3.64. The van der Waals surface area contributed by atoms with Crippen molar-refractivity contribution >= 4 is 5.82 Å². The molecule has 0 aliphatic rings. The Bertz CT molecular complexity index is 972. The Balaban J connectivity index is 1.71. The van der Waals surface area contributed by atoms with Gasteiger partial charge in [-0.2, -0.15) is 9.67 Å². The maximum atomic E-state index is 6.16. The van der Waals surface area contributed by atoms with E-state index in [2.05, 4.69) is 20.5 Å². The van der Waals surface area contributed by atoms with Crippen molar-refractivity contribution in [1.82, 2.24) is 25.1 Å². The number of benzene rings is 2. The Morgan fingerprint density at radius 3 is 2.50 bits per heavy atom. The third kappa shape index (κ3) is 2.41. The molecule has 7 heteroatoms. The topological polar surface area (TPSA) is 95.6 Å². The van der Waals surface area contributed by atoms with Crippen LogP contribution in [0.5, 0.6) is 0 Å². The van der Waals surface area contributed by atoms with Gasteiger partial charge in [-0.05, 0) is 19.1 Å². The molecule has 0 spiro atoms. The van der Waals surface area contributed by atoms with Gasteiger partial charge >= 0.3 is 0 Å². The standard InChI is InChI=1S/C17H14N6O/c1-11-7-9-13(10-8-11)23-15(18)14(20-22-23)17-19-16(21-24-17)12-5-3-2-4-6-12/h2-10H,18H2,1H3. The summed E-state index contributed by atoms with van der Waals surface area (Å²) < 4.78 is 6.84. The molecule has 0 aliphatic carbocycles. The zero-order chi connectivity index (χ0) is 16.5. The largest absolute Gasteiger partial charge is 0.382 e. The van der Waals surface area contributed by atoms with E-state index in [1.165, 1.54) is 0 Å². The van der Waals surface area contributed by atoms with Crippen molar-refractivity contribution in [2.24, 2.45) is 0 Å². The summed E-state index contributed by atoms with van der Waals surface area (Å²) in [6.07, 6.45) is 0. The molecule has 7 nitrogen and oxygen atoms in total. The molecule has 0 atom stereocenters. The first-order valence-corrected chi connectivity index (χ1v) is 7.40. The van der Waals surface area contributed by atoms with Crippen LogP contribution in [-0.2, 0) is 0 Å². The van der Waals surface area contributed by atoms with Crippen molar-refractivity contribution in [1.29, 1.82) is 0 Å². The minimum Gasteiger partial charge on any atom is -0.382 e. The van der Waals surface area contributed by atoms with Gasteiger partial charge < -0.3 is 10.3 Å². The molecule has 4 aromatic rings. The lowest BCUT2D eigenvalue weighted by Crippen LogP contribution is -2.02. The molecular formula is C17H14N6O. The Hall–Kier alpha value is -3.48. The number of rotatable bonds is 3. The molecule has 0 amide bonds. The highest BCUT2D eigenvalue weighted by molar-refractivity contribution is 5.66. The van der Waals surface area contributed by atoms with Crippen LogP contribution in [0, 0.1) is 6.92 Å². The SMILES string of the molecule is Cc1ccc(-n2nnc(-c3nc(-c4ccccc4)no3)c2N)cc1. The van der Waals surface area contributed by atoms with Crippen LogP contribution in [0.4, 0.5) is 5.82 Å². The molecule has 2 heterocycles. The van der Waals surface area contributed by atoms with Gasteiger partial charge in [-0.15, -0.1) is 5.10 Å². The van der Waals surface area contributed by atoms with Crippen molar-refractivity contribution < 1.29 is 4.52 Å². The minimum atomic E-state index is 0.240. The molecule has 0 radical (unpaired) electrons. The summed E-state index contributed by atoms with van der Waals surface area (Å²) in [5.41, 5.74) is 9.36. The Morgan fingerprint density at radius 1 is 1.00 bits per heavy atom. The summed E-state index contributed by atoms with van der Waals surface area (Å²) in [6.45, 7) is 2.02. The Labute approximate surface area is 137 Å². The molecule has 0 aliphatic heterocycles. The molecule has 0 fully saturated rings. The van der Waals surface area contributed by atoms with Crippen LogP contribution in [0.1, 0.15) is 5.56 Å². The van der Waals surface area contributed by atoms with E-state index in [4.69, 9.17) is 10.3 Å². The summed E-state index contributed by atoms with van der Waals surface area (Å²) in [6, 6.07) is 17.4. The number of nitrogen functional groups attached to an aromatic ring is 1. The normalized spacial score (nSPS) is 10.9. The van der Waals surface area contributed by atoms with Gasteiger partial charge in [-0.3, -0.25) is 0 Å². The maximum Gasteiger partial charge on any atom is 0.282 e. The summed E-state index contributed by atoms with van der Waals surface area (Å²) in [4.78, 5) is 4.36. The summed E-state index contributed by atoms with van der Waals surface area (Å²) in [7, 11) is 0. The minimum absolute atomic E-state index is 0.240. The second-order valence-corrected chi connectivity index (χ2v) is 5.36. The van der Waals surface area contributed by atoms with Gasteiger partial charge in [0.2, 0.25) is 5.82 Å². The monoisotopic (exact) mass is 318 g/mol. The van der Waals surface area contributed by atoms with E-state index in [9.17, 15) is 0 Å². The van der Waals surface area contributed by atoms with Crippen LogP contribution in [0.15, 0.2) is 59.1 Å². The number of nitrogens with zero attached hydrogens (tertiary/aromatic N) is 5. The quantitative estimate of drug-likeness (QED) is 0.624. The number of hydrogen-bond acceptors (Lipinski definition) is 6. The number of aryl methyl sites for hydroxylation is 1. The van der Waals surface area contributed by atoms with E-state index < -0.39 is 0 Å². The summed E-state index contributed by atoms with van der Waals surface area (Å²) in [5.74, 6) is 1.07. The number of aromatic nitrogens is 5. The van der Waals surface area contributed by atoms with Crippen molar-refractivity contribution in [2.75, 3.05) is 5.73 Å². The third-order valence-corrected chi connectivity index (χ3v) is 3.64. The second kappa shape index (κ2) is 5.62. The van der Waals surface area contributed by atoms with Crippen LogP contribution >= 0.6 is 0 Å². The molecule has 2 aromatic heterocycles. The molecule has 118 valence electrons. The predicted molar refractivity (Wildman–Crippen MR) is 89.2 cm³/mol. The fourth-order valence-corrected chi connectivity index (χ4v) is 2.34. The van der Waals surface area contributed by atoms with Gasteiger partial charge in [0.05, 0.1) is 5.69 Å². The first-order valence-electron chi connectivity index (χ1n) is 7.40. The van der Waals surface area contributed by atoms with Gasteiger partial charge in [-0.1, -0.05) is 58.4 Å². The molecule has 2 aromatic carbocycles. The van der Waals surface area contributed by atoms with Gasteiger partial charge in [-0.25, -0.2) is 0 Å². The average Bonchev–Trinajstić information content (AvgIpc) is 3.23. The van der Waals surface area contributed by atoms with E-state index in [0.29, 0.717) is 17.3 Å². The zero-order valence-electron chi connectivity index (χ0n) is 12.9. The lowest BCUT2D eigenvalue weighted by atomic mass is 10.2. The molecule has 24 heavy (non-hydrogen) atoms. The highest BCUT2D eigenvalue weighted by Crippen LogP contribution is 2.26. The van der Waals surface area contributed by atoms with Gasteiger partial charge in [0.25, 0.3) is 5.89 Å². The highest BCUT2D eigenvalue weighted by atomic mass is 16.5. The lowest BCUT2D eigenvalue weighted by Gasteiger charge is -2.02. The van der Waals surface area contributed by atoms with Crippen molar-refractivity contribution in [3.05, 3.63) is 60.2 Å². The van der Waals surface area contributed by atoms with Gasteiger partial charge in [0.1, 0.15) is 0 Å². The number of nitrogens with two attached hydrogens (primary N) is 1. The van der Waals surface area contributed by atoms with E-state index in [1.807, 2.05) is 61.5 Å². The summed E-state index contributed by atoms with van der Waals surface area (Å²) >= 11 is 0. The van der Waals surface area contributed by atoms with Crippen LogP contribution in [0.2, 0.25) is 0 Å². The van der Waals surface area contributed by atoms with Gasteiger partial charge in [0, 0.05) is 5.56 Å². The van der Waals surface area contributed by atoms with Crippen molar-refractivity contribution in [3.8, 4) is 28.7 Å². The first kappa shape index (κ1) is 14.1. The zero-order valence-corrected chi connectivity index (χ0v) is 12.9. The summed E-state index contributed by atoms with van der Waals surface area (Å²) in [5, 5.41) is 12.2. The lowest BCUT2D eigenvalue weighted by molar-refractivity contribution is 0.431. The number of hydrogen-bond donors (Lipinski definition) is 1. The van der Waals surface area contributed by atoms with Crippen LogP contribution in [-0.4, -0.2) is 25.1 Å².